The van der Waals surface area contributed by atoms with Crippen LogP contribution in [0.2, 0.25) is 0 Å². The molecular weight excluding hydrogens is 272 g/mol. The smallest absolute Gasteiger partial charge is 0.190 e. The lowest BCUT2D eigenvalue weighted by Crippen LogP contribution is -2.47. The molecule has 11 nitrogen and oxygen atoms in total. The quantitative estimate of drug-likeness (QED) is 0.426. The van der Waals surface area contributed by atoms with Gasteiger partial charge in [0.15, 0.2) is 18.9 Å². The van der Waals surface area contributed by atoms with Gasteiger partial charge in [-0.3, -0.25) is 0 Å². The van der Waals surface area contributed by atoms with Crippen LogP contribution < -0.4 is 0 Å². The fourth-order valence-corrected chi connectivity index (χ4v) is 2.41. The average Bonchev–Trinajstić information content (AvgIpc) is 3.00. The van der Waals surface area contributed by atoms with Crippen molar-refractivity contribution in [2.45, 2.75) is 37.2 Å². The minimum Gasteiger partial charge on any atom is -0.350 e. The third kappa shape index (κ3) is 2.51. The van der Waals surface area contributed by atoms with Gasteiger partial charge in [0.2, 0.25) is 0 Å². The van der Waals surface area contributed by atoms with Gasteiger partial charge in [0.1, 0.15) is 18.3 Å². The van der Waals surface area contributed by atoms with Crippen LogP contribution in [0.5, 0.6) is 0 Å². The molecule has 6 unspecified atom stereocenters. The summed E-state index contributed by atoms with van der Waals surface area (Å²) in [6.45, 7) is 0.472. The predicted molar refractivity (Wildman–Crippen MR) is 61.0 cm³/mol. The number of azide groups is 2. The zero-order chi connectivity index (χ0) is 13.9. The summed E-state index contributed by atoms with van der Waals surface area (Å²) in [6.07, 6.45) is -2.86. The Hall–Kier alpha value is -1.58. The molecule has 0 aliphatic carbocycles. The lowest BCUT2D eigenvalue weighted by molar-refractivity contribution is -0.264. The highest BCUT2D eigenvalue weighted by Gasteiger charge is 2.55. The van der Waals surface area contributed by atoms with Gasteiger partial charge >= 0.3 is 0 Å². The summed E-state index contributed by atoms with van der Waals surface area (Å²) in [7, 11) is 0. The summed E-state index contributed by atoms with van der Waals surface area (Å²) in [6, 6.07) is 0. The summed E-state index contributed by atoms with van der Waals surface area (Å²) in [4.78, 5) is 5.31. The zero-order valence-electron chi connectivity index (χ0n) is 10.3. The van der Waals surface area contributed by atoms with E-state index in [2.05, 4.69) is 20.1 Å². The van der Waals surface area contributed by atoms with Crippen molar-refractivity contribution < 1.29 is 23.7 Å². The van der Waals surface area contributed by atoms with Crippen LogP contribution in [0.4, 0.5) is 0 Å². The van der Waals surface area contributed by atoms with Gasteiger partial charge in [-0.25, -0.2) is 0 Å². The Morgan fingerprint density at radius 3 is 2.35 bits per heavy atom. The summed E-state index contributed by atoms with van der Waals surface area (Å²) in [5, 5.41) is 6.81. The second kappa shape index (κ2) is 5.81. The molecule has 0 bridgehead atoms. The maximum atomic E-state index is 8.29. The number of hydrogen-bond donors (Lipinski definition) is 0. The van der Waals surface area contributed by atoms with Gasteiger partial charge in [-0.05, 0) is 11.1 Å². The molecule has 3 heterocycles. The van der Waals surface area contributed by atoms with E-state index in [9.17, 15) is 0 Å². The molecule has 6 atom stereocenters. The Kier molecular flexibility index (Phi) is 3.90. The van der Waals surface area contributed by atoms with Crippen molar-refractivity contribution in [1.29, 1.82) is 0 Å². The van der Waals surface area contributed by atoms with Crippen LogP contribution in [0.3, 0.4) is 0 Å². The molecule has 3 rings (SSSR count). The summed E-state index contributed by atoms with van der Waals surface area (Å²) >= 11 is 0. The van der Waals surface area contributed by atoms with Crippen LogP contribution in [0.1, 0.15) is 0 Å². The topological polar surface area (TPSA) is 144 Å². The summed E-state index contributed by atoms with van der Waals surface area (Å²) in [5.74, 6) is 0. The minimum atomic E-state index is -0.635. The molecule has 0 radical (unpaired) electrons. The predicted octanol–water partition coefficient (Wildman–Crippen LogP) is 0.815. The molecule has 0 aromatic rings. The van der Waals surface area contributed by atoms with E-state index in [1.807, 2.05) is 0 Å². The van der Waals surface area contributed by atoms with Crippen LogP contribution in [0.25, 0.3) is 20.9 Å². The Bertz CT molecular complexity index is 464. The molecule has 0 amide bonds. The Labute approximate surface area is 112 Å². The molecule has 3 fully saturated rings. The molecule has 0 saturated carbocycles. The van der Waals surface area contributed by atoms with Gasteiger partial charge in [0.25, 0.3) is 0 Å². The Balaban J connectivity index is 1.60. The molecule has 0 aromatic heterocycles. The average molecular weight is 284 g/mol. The van der Waals surface area contributed by atoms with E-state index in [4.69, 9.17) is 34.7 Å². The first kappa shape index (κ1) is 13.4. The van der Waals surface area contributed by atoms with Crippen LogP contribution in [0, 0.1) is 0 Å². The molecular formula is C9H12N6O5. The molecule has 20 heavy (non-hydrogen) atoms. The van der Waals surface area contributed by atoms with E-state index in [-0.39, 0.29) is 25.3 Å². The second-order valence-corrected chi connectivity index (χ2v) is 4.40. The number of fused-ring (bicyclic) bond motifs is 3. The maximum absolute atomic E-state index is 8.29. The van der Waals surface area contributed by atoms with Gasteiger partial charge in [0.05, 0.1) is 19.7 Å². The molecule has 3 saturated heterocycles. The molecule has 3 aliphatic rings. The Morgan fingerprint density at radius 1 is 0.900 bits per heavy atom. The number of nitrogens with zero attached hydrogens (tertiary/aromatic N) is 6. The van der Waals surface area contributed by atoms with Crippen LogP contribution >= 0.6 is 0 Å². The SMILES string of the molecule is [N-]=[N+]=NCC1OCC2OC3OC(CN=[N+]=[N-])OC3C2O1. The first-order valence-corrected chi connectivity index (χ1v) is 6.07. The van der Waals surface area contributed by atoms with Crippen molar-refractivity contribution >= 4 is 0 Å². The summed E-state index contributed by atoms with van der Waals surface area (Å²) < 4.78 is 27.7. The monoisotopic (exact) mass is 284 g/mol. The van der Waals surface area contributed by atoms with Crippen LogP contribution in [-0.4, -0.2) is 56.9 Å². The largest absolute Gasteiger partial charge is 0.350 e. The standard InChI is InChI=1S/C9H12N6O5/c10-14-12-1-5-16-3-4-7(18-5)8-9(17-4)20-6(19-8)2-13-15-11/h4-9H,1-3H2. The summed E-state index contributed by atoms with van der Waals surface area (Å²) in [5.41, 5.74) is 16.6. The lowest BCUT2D eigenvalue weighted by Gasteiger charge is -2.32. The molecule has 0 N–H and O–H groups in total. The first-order valence-electron chi connectivity index (χ1n) is 6.07. The van der Waals surface area contributed by atoms with Gasteiger partial charge in [0, 0.05) is 9.82 Å². The van der Waals surface area contributed by atoms with Crippen molar-refractivity contribution in [3.05, 3.63) is 20.9 Å². The van der Waals surface area contributed by atoms with Crippen molar-refractivity contribution in [1.82, 2.24) is 0 Å². The lowest BCUT2D eigenvalue weighted by atomic mass is 10.1. The minimum absolute atomic E-state index is 0.0723. The van der Waals surface area contributed by atoms with E-state index in [1.165, 1.54) is 0 Å². The highest BCUT2D eigenvalue weighted by molar-refractivity contribution is 4.94. The third-order valence-corrected chi connectivity index (χ3v) is 3.21. The molecule has 3 aliphatic heterocycles. The van der Waals surface area contributed by atoms with Gasteiger partial charge in [-0.15, -0.1) is 0 Å². The highest BCUT2D eigenvalue weighted by Crippen LogP contribution is 2.37. The number of rotatable bonds is 4. The van der Waals surface area contributed by atoms with E-state index in [0.717, 1.165) is 0 Å². The van der Waals surface area contributed by atoms with Crippen molar-refractivity contribution in [3.8, 4) is 0 Å². The van der Waals surface area contributed by atoms with Gasteiger partial charge in [-0.1, -0.05) is 10.2 Å². The number of ether oxygens (including phenoxy) is 5. The van der Waals surface area contributed by atoms with Crippen LogP contribution in [-0.2, 0) is 23.7 Å². The fourth-order valence-electron chi connectivity index (χ4n) is 2.41. The molecule has 0 spiro atoms. The van der Waals surface area contributed by atoms with Crippen molar-refractivity contribution in [2.75, 3.05) is 19.7 Å². The fraction of sp³-hybridized carbons (Fsp3) is 1.00. The zero-order valence-corrected chi connectivity index (χ0v) is 10.3. The number of hydrogen-bond acceptors (Lipinski definition) is 7. The second-order valence-electron chi connectivity index (χ2n) is 4.40. The third-order valence-electron chi connectivity index (χ3n) is 3.21. The van der Waals surface area contributed by atoms with Gasteiger partial charge < -0.3 is 23.7 Å². The van der Waals surface area contributed by atoms with E-state index < -0.39 is 25.0 Å². The first-order chi connectivity index (χ1) is 9.81. The molecule has 0 aromatic carbocycles. The molecule has 108 valence electrons. The van der Waals surface area contributed by atoms with E-state index >= 15 is 0 Å². The normalized spacial score (nSPS) is 42.2. The van der Waals surface area contributed by atoms with Crippen molar-refractivity contribution in [2.24, 2.45) is 10.2 Å². The Morgan fingerprint density at radius 2 is 1.60 bits per heavy atom. The van der Waals surface area contributed by atoms with Crippen LogP contribution in [0.15, 0.2) is 10.2 Å². The van der Waals surface area contributed by atoms with Crippen molar-refractivity contribution in [3.63, 3.8) is 0 Å². The van der Waals surface area contributed by atoms with E-state index in [0.29, 0.717) is 6.61 Å². The van der Waals surface area contributed by atoms with E-state index in [1.54, 1.807) is 0 Å². The van der Waals surface area contributed by atoms with Gasteiger partial charge in [-0.2, -0.15) is 0 Å². The molecule has 11 heteroatoms. The highest BCUT2D eigenvalue weighted by atomic mass is 16.8. The maximum Gasteiger partial charge on any atom is 0.190 e.